The number of likely N-dealkylation sites (tertiary alicyclic amines) is 1. The first kappa shape index (κ1) is 19.9. The quantitative estimate of drug-likeness (QED) is 0.822. The maximum absolute atomic E-state index is 13.0. The monoisotopic (exact) mass is 350 g/mol. The molecule has 0 aliphatic carbocycles. The van der Waals surface area contributed by atoms with E-state index in [4.69, 9.17) is 0 Å². The van der Waals surface area contributed by atoms with Gasteiger partial charge in [0.05, 0.1) is 13.2 Å². The van der Waals surface area contributed by atoms with Crippen LogP contribution in [-0.4, -0.2) is 54.1 Å². The molecule has 5 heteroatoms. The number of hydrogen-bond donors (Lipinski definition) is 1. The molecule has 0 spiro atoms. The number of nitrogens with zero attached hydrogens (tertiary/aromatic N) is 2. The molecular weight excluding hydrogens is 319 g/mol. The van der Waals surface area contributed by atoms with E-state index in [9.17, 15) is 14.3 Å². The Morgan fingerprint density at radius 3 is 2.64 bits per heavy atom. The maximum Gasteiger partial charge on any atom is 0.236 e. The van der Waals surface area contributed by atoms with Crippen molar-refractivity contribution in [2.24, 2.45) is 11.3 Å². The molecule has 1 unspecified atom stereocenters. The van der Waals surface area contributed by atoms with Gasteiger partial charge in [0.25, 0.3) is 0 Å². The average molecular weight is 350 g/mol. The summed E-state index contributed by atoms with van der Waals surface area (Å²) >= 11 is 0. The lowest BCUT2D eigenvalue weighted by Gasteiger charge is -2.43. The largest absolute Gasteiger partial charge is 0.396 e. The van der Waals surface area contributed by atoms with Gasteiger partial charge >= 0.3 is 0 Å². The molecule has 2 rings (SSSR count). The molecule has 0 bridgehead atoms. The first-order valence-corrected chi connectivity index (χ1v) is 9.15. The third-order valence-corrected chi connectivity index (χ3v) is 4.96. The Labute approximate surface area is 150 Å². The van der Waals surface area contributed by atoms with Crippen LogP contribution in [0.15, 0.2) is 24.3 Å². The van der Waals surface area contributed by atoms with Gasteiger partial charge in [0.1, 0.15) is 5.82 Å². The summed E-state index contributed by atoms with van der Waals surface area (Å²) in [5.74, 6) is 0.357. The van der Waals surface area contributed by atoms with E-state index in [1.165, 1.54) is 12.1 Å². The van der Waals surface area contributed by atoms with Gasteiger partial charge in [0.15, 0.2) is 0 Å². The summed E-state index contributed by atoms with van der Waals surface area (Å²) in [5, 5.41) is 9.91. The van der Waals surface area contributed by atoms with E-state index in [2.05, 4.69) is 13.8 Å². The van der Waals surface area contributed by atoms with Crippen molar-refractivity contribution >= 4 is 5.91 Å². The molecule has 0 radical (unpaired) electrons. The molecule has 1 saturated heterocycles. The molecule has 140 valence electrons. The predicted molar refractivity (Wildman–Crippen MR) is 97.5 cm³/mol. The summed E-state index contributed by atoms with van der Waals surface area (Å²) in [7, 11) is 1.90. The van der Waals surface area contributed by atoms with Crippen LogP contribution in [0.4, 0.5) is 4.39 Å². The number of amides is 1. The van der Waals surface area contributed by atoms with Crippen LogP contribution in [0.3, 0.4) is 0 Å². The van der Waals surface area contributed by atoms with Gasteiger partial charge < -0.3 is 10.0 Å². The normalized spacial score (nSPS) is 21.2. The molecule has 1 N–H and O–H groups in total. The summed E-state index contributed by atoms with van der Waals surface area (Å²) in [6, 6.07) is 6.38. The van der Waals surface area contributed by atoms with Crippen molar-refractivity contribution in [2.75, 3.05) is 33.3 Å². The van der Waals surface area contributed by atoms with E-state index in [-0.39, 0.29) is 23.7 Å². The van der Waals surface area contributed by atoms with Gasteiger partial charge in [-0.2, -0.15) is 0 Å². The SMILES string of the molecule is CC(C)CC1(CO)CCCN(C(=O)CN(C)Cc2ccc(F)cc2)C1. The van der Waals surface area contributed by atoms with Crippen LogP contribution < -0.4 is 0 Å². The zero-order chi connectivity index (χ0) is 18.4. The van der Waals surface area contributed by atoms with Crippen LogP contribution >= 0.6 is 0 Å². The Morgan fingerprint density at radius 1 is 1.36 bits per heavy atom. The fraction of sp³-hybridized carbons (Fsp3) is 0.650. The third kappa shape index (κ3) is 5.79. The zero-order valence-electron chi connectivity index (χ0n) is 15.7. The first-order chi connectivity index (χ1) is 11.8. The maximum atomic E-state index is 13.0. The van der Waals surface area contributed by atoms with Crippen molar-refractivity contribution in [1.82, 2.24) is 9.80 Å². The number of rotatable bonds is 7. The highest BCUT2D eigenvalue weighted by atomic mass is 19.1. The number of carbonyl (C=O) groups excluding carboxylic acids is 1. The summed E-state index contributed by atoms with van der Waals surface area (Å²) < 4.78 is 13.0. The topological polar surface area (TPSA) is 43.8 Å². The molecule has 1 aromatic carbocycles. The molecule has 0 saturated carbocycles. The fourth-order valence-electron chi connectivity index (χ4n) is 3.94. The minimum Gasteiger partial charge on any atom is -0.396 e. The molecule has 1 fully saturated rings. The van der Waals surface area contributed by atoms with Crippen LogP contribution in [0.1, 0.15) is 38.7 Å². The number of aliphatic hydroxyl groups excluding tert-OH is 1. The number of halogens is 1. The predicted octanol–water partition coefficient (Wildman–Crippen LogP) is 2.90. The van der Waals surface area contributed by atoms with Crippen LogP contribution in [0.25, 0.3) is 0 Å². The van der Waals surface area contributed by atoms with E-state index in [0.29, 0.717) is 25.6 Å². The van der Waals surface area contributed by atoms with E-state index in [1.54, 1.807) is 12.1 Å². The third-order valence-electron chi connectivity index (χ3n) is 4.96. The first-order valence-electron chi connectivity index (χ1n) is 9.15. The van der Waals surface area contributed by atoms with Crippen LogP contribution in [0.2, 0.25) is 0 Å². The van der Waals surface area contributed by atoms with E-state index in [1.807, 2.05) is 16.8 Å². The number of aliphatic hydroxyl groups is 1. The molecule has 1 atom stereocenters. The summed E-state index contributed by atoms with van der Waals surface area (Å²) in [6.07, 6.45) is 2.87. The molecule has 4 nitrogen and oxygen atoms in total. The lowest BCUT2D eigenvalue weighted by molar-refractivity contribution is -0.137. The number of likely N-dealkylation sites (N-methyl/N-ethyl adjacent to an activating group) is 1. The molecule has 25 heavy (non-hydrogen) atoms. The lowest BCUT2D eigenvalue weighted by atomic mass is 9.74. The van der Waals surface area contributed by atoms with Gasteiger partial charge in [0.2, 0.25) is 5.91 Å². The highest BCUT2D eigenvalue weighted by Gasteiger charge is 2.37. The number of benzene rings is 1. The number of hydrogen-bond acceptors (Lipinski definition) is 3. The van der Waals surface area contributed by atoms with Crippen LogP contribution in [-0.2, 0) is 11.3 Å². The Hall–Kier alpha value is -1.46. The lowest BCUT2D eigenvalue weighted by Crippen LogP contribution is -2.50. The van der Waals surface area contributed by atoms with Crippen molar-refractivity contribution in [3.63, 3.8) is 0 Å². The van der Waals surface area contributed by atoms with Crippen molar-refractivity contribution < 1.29 is 14.3 Å². The van der Waals surface area contributed by atoms with Crippen molar-refractivity contribution in [2.45, 2.75) is 39.7 Å². The van der Waals surface area contributed by atoms with E-state index >= 15 is 0 Å². The van der Waals surface area contributed by atoms with Crippen LogP contribution in [0, 0.1) is 17.2 Å². The van der Waals surface area contributed by atoms with Gasteiger partial charge in [0, 0.05) is 25.0 Å². The Bertz CT molecular complexity index is 561. The fourth-order valence-corrected chi connectivity index (χ4v) is 3.94. The van der Waals surface area contributed by atoms with Gasteiger partial charge in [-0.15, -0.1) is 0 Å². The van der Waals surface area contributed by atoms with E-state index < -0.39 is 0 Å². The standard InChI is InChI=1S/C20H31FN2O2/c1-16(2)11-20(15-24)9-4-10-23(14-20)19(25)13-22(3)12-17-5-7-18(21)8-6-17/h5-8,16,24H,4,9-15H2,1-3H3. The molecule has 0 aromatic heterocycles. The molecule has 1 amide bonds. The van der Waals surface area contributed by atoms with Crippen molar-refractivity contribution in [3.05, 3.63) is 35.6 Å². The van der Waals surface area contributed by atoms with E-state index in [0.717, 1.165) is 31.4 Å². The highest BCUT2D eigenvalue weighted by molar-refractivity contribution is 5.78. The molecule has 1 heterocycles. The van der Waals surface area contributed by atoms with Crippen molar-refractivity contribution in [1.29, 1.82) is 0 Å². The number of piperidine rings is 1. The highest BCUT2D eigenvalue weighted by Crippen LogP contribution is 2.35. The summed E-state index contributed by atoms with van der Waals surface area (Å²) in [6.45, 7) is 6.81. The summed E-state index contributed by atoms with van der Waals surface area (Å²) in [4.78, 5) is 16.5. The molecule has 1 aliphatic rings. The smallest absolute Gasteiger partial charge is 0.236 e. The Morgan fingerprint density at radius 2 is 2.04 bits per heavy atom. The van der Waals surface area contributed by atoms with Crippen LogP contribution in [0.5, 0.6) is 0 Å². The van der Waals surface area contributed by atoms with Gasteiger partial charge in [-0.05, 0) is 49.9 Å². The molecular formula is C20H31FN2O2. The Balaban J connectivity index is 1.91. The number of carbonyl (C=O) groups is 1. The minimum atomic E-state index is -0.249. The van der Waals surface area contributed by atoms with Gasteiger partial charge in [-0.3, -0.25) is 9.69 Å². The van der Waals surface area contributed by atoms with Gasteiger partial charge in [-0.1, -0.05) is 26.0 Å². The Kier molecular flexibility index (Phi) is 6.96. The van der Waals surface area contributed by atoms with Crippen molar-refractivity contribution in [3.8, 4) is 0 Å². The summed E-state index contributed by atoms with van der Waals surface area (Å²) in [5.41, 5.74) is 0.831. The molecule has 1 aliphatic heterocycles. The second-order valence-corrected chi connectivity index (χ2v) is 7.97. The minimum absolute atomic E-state index is 0.103. The second kappa shape index (κ2) is 8.77. The second-order valence-electron chi connectivity index (χ2n) is 7.97. The average Bonchev–Trinajstić information content (AvgIpc) is 2.56. The molecule has 1 aromatic rings. The zero-order valence-corrected chi connectivity index (χ0v) is 15.7. The van der Waals surface area contributed by atoms with Gasteiger partial charge in [-0.25, -0.2) is 4.39 Å².